The molecule has 22 heavy (non-hydrogen) atoms. The summed E-state index contributed by atoms with van der Waals surface area (Å²) in [6, 6.07) is 7.69. The van der Waals surface area contributed by atoms with Gasteiger partial charge < -0.3 is 19.4 Å². The molecule has 0 aliphatic heterocycles. The van der Waals surface area contributed by atoms with Crippen LogP contribution in [-0.2, 0) is 0 Å². The van der Waals surface area contributed by atoms with Gasteiger partial charge in [-0.2, -0.15) is 0 Å². The summed E-state index contributed by atoms with van der Waals surface area (Å²) >= 11 is 0. The second-order valence-electron chi connectivity index (χ2n) is 4.68. The van der Waals surface area contributed by atoms with Crippen LogP contribution in [0.3, 0.4) is 0 Å². The topological polar surface area (TPSA) is 79.9 Å². The summed E-state index contributed by atoms with van der Waals surface area (Å²) in [6.45, 7) is 1.49. The molecular formula is C16H11FO5. The summed E-state index contributed by atoms with van der Waals surface area (Å²) < 4.78 is 23.7. The van der Waals surface area contributed by atoms with Crippen molar-refractivity contribution in [1.82, 2.24) is 0 Å². The van der Waals surface area contributed by atoms with Gasteiger partial charge in [-0.05, 0) is 43.3 Å². The number of aryl methyl sites for hydroxylation is 1. The lowest BCUT2D eigenvalue weighted by molar-refractivity contribution is 0.392. The van der Waals surface area contributed by atoms with Crippen molar-refractivity contribution in [2.45, 2.75) is 6.92 Å². The van der Waals surface area contributed by atoms with Crippen LogP contribution >= 0.6 is 0 Å². The first-order chi connectivity index (χ1) is 10.5. The molecular weight excluding hydrogens is 291 g/mol. The van der Waals surface area contributed by atoms with Crippen LogP contribution in [0.1, 0.15) is 5.76 Å². The minimum Gasteiger partial charge on any atom is -0.504 e. The molecule has 2 aromatic carbocycles. The number of hydrogen-bond acceptors (Lipinski definition) is 5. The smallest absolute Gasteiger partial charge is 0.235 e. The molecule has 0 radical (unpaired) electrons. The van der Waals surface area contributed by atoms with Crippen molar-refractivity contribution >= 4 is 11.0 Å². The number of halogens is 1. The molecule has 0 amide bonds. The second-order valence-corrected chi connectivity index (χ2v) is 4.68. The molecule has 0 bridgehead atoms. The molecule has 0 aliphatic carbocycles. The van der Waals surface area contributed by atoms with E-state index < -0.39 is 17.0 Å². The maximum Gasteiger partial charge on any atom is 0.235 e. The van der Waals surface area contributed by atoms with Crippen molar-refractivity contribution in [2.24, 2.45) is 0 Å². The molecule has 1 heterocycles. The standard InChI is InChI=1S/C16H11FO5/c1-8-15(22-10-4-2-9(17)3-5-10)13(19)11-6-7-12(18)14(20)16(11)21-8/h2-7,18,20H,1H3. The highest BCUT2D eigenvalue weighted by molar-refractivity contribution is 5.85. The van der Waals surface area contributed by atoms with Crippen LogP contribution < -0.4 is 10.2 Å². The van der Waals surface area contributed by atoms with Gasteiger partial charge in [-0.25, -0.2) is 4.39 Å². The molecule has 3 aromatic rings. The predicted molar refractivity (Wildman–Crippen MR) is 77.0 cm³/mol. The Morgan fingerprint density at radius 1 is 1.09 bits per heavy atom. The van der Waals surface area contributed by atoms with E-state index >= 15 is 0 Å². The van der Waals surface area contributed by atoms with Crippen molar-refractivity contribution in [3.05, 3.63) is 58.2 Å². The Bertz CT molecular complexity index is 912. The summed E-state index contributed by atoms with van der Waals surface area (Å²) in [7, 11) is 0. The van der Waals surface area contributed by atoms with Gasteiger partial charge >= 0.3 is 0 Å². The Morgan fingerprint density at radius 3 is 2.45 bits per heavy atom. The average Bonchev–Trinajstić information content (AvgIpc) is 2.50. The Hall–Kier alpha value is -3.02. The van der Waals surface area contributed by atoms with Gasteiger partial charge in [0.2, 0.25) is 16.9 Å². The molecule has 2 N–H and O–H groups in total. The quantitative estimate of drug-likeness (QED) is 0.709. The van der Waals surface area contributed by atoms with E-state index in [9.17, 15) is 19.4 Å². The molecule has 0 saturated heterocycles. The van der Waals surface area contributed by atoms with E-state index in [0.717, 1.165) is 0 Å². The molecule has 3 rings (SSSR count). The zero-order valence-corrected chi connectivity index (χ0v) is 11.5. The molecule has 0 unspecified atom stereocenters. The fraction of sp³-hybridized carbons (Fsp3) is 0.0625. The van der Waals surface area contributed by atoms with E-state index in [1.54, 1.807) is 0 Å². The zero-order chi connectivity index (χ0) is 15.9. The van der Waals surface area contributed by atoms with E-state index in [1.165, 1.54) is 43.3 Å². The number of phenolic OH excluding ortho intramolecular Hbond substituents is 2. The van der Waals surface area contributed by atoms with Crippen molar-refractivity contribution < 1.29 is 23.8 Å². The molecule has 6 heteroatoms. The maximum absolute atomic E-state index is 12.9. The van der Waals surface area contributed by atoms with Crippen LogP contribution in [0.5, 0.6) is 23.0 Å². The number of rotatable bonds is 2. The number of fused-ring (bicyclic) bond motifs is 1. The normalized spacial score (nSPS) is 10.8. The van der Waals surface area contributed by atoms with Gasteiger partial charge in [-0.3, -0.25) is 4.79 Å². The highest BCUT2D eigenvalue weighted by Crippen LogP contribution is 2.35. The highest BCUT2D eigenvalue weighted by atomic mass is 19.1. The molecule has 0 spiro atoms. The van der Waals surface area contributed by atoms with Crippen molar-refractivity contribution in [3.63, 3.8) is 0 Å². The van der Waals surface area contributed by atoms with Gasteiger partial charge in [0.25, 0.3) is 0 Å². The number of phenols is 2. The largest absolute Gasteiger partial charge is 0.504 e. The lowest BCUT2D eigenvalue weighted by Crippen LogP contribution is -2.07. The Balaban J connectivity index is 2.16. The molecule has 1 aromatic heterocycles. The summed E-state index contributed by atoms with van der Waals surface area (Å²) in [5, 5.41) is 19.3. The first-order valence-corrected chi connectivity index (χ1v) is 6.39. The second kappa shape index (κ2) is 5.07. The molecule has 112 valence electrons. The van der Waals surface area contributed by atoms with Crippen LogP contribution in [0.15, 0.2) is 45.6 Å². The summed E-state index contributed by atoms with van der Waals surface area (Å²) in [6.07, 6.45) is 0. The van der Waals surface area contributed by atoms with Crippen LogP contribution in [0, 0.1) is 12.7 Å². The summed E-state index contributed by atoms with van der Waals surface area (Å²) in [5.74, 6) is -0.977. The van der Waals surface area contributed by atoms with Gasteiger partial charge in [-0.15, -0.1) is 0 Å². The summed E-state index contributed by atoms with van der Waals surface area (Å²) in [5.41, 5.74) is -0.618. The molecule has 0 saturated carbocycles. The van der Waals surface area contributed by atoms with E-state index in [4.69, 9.17) is 9.15 Å². The third kappa shape index (κ3) is 2.24. The molecule has 0 atom stereocenters. The Kier molecular flexibility index (Phi) is 3.21. The van der Waals surface area contributed by atoms with Gasteiger partial charge in [0.15, 0.2) is 11.3 Å². The Morgan fingerprint density at radius 2 is 1.77 bits per heavy atom. The van der Waals surface area contributed by atoms with Gasteiger partial charge in [-0.1, -0.05) is 0 Å². The first kappa shape index (κ1) is 13.9. The van der Waals surface area contributed by atoms with E-state index in [-0.39, 0.29) is 34.0 Å². The van der Waals surface area contributed by atoms with E-state index in [1.807, 2.05) is 0 Å². The van der Waals surface area contributed by atoms with Crippen molar-refractivity contribution in [1.29, 1.82) is 0 Å². The Labute approximate surface area is 123 Å². The fourth-order valence-electron chi connectivity index (χ4n) is 2.06. The van der Waals surface area contributed by atoms with E-state index in [0.29, 0.717) is 0 Å². The van der Waals surface area contributed by atoms with Crippen molar-refractivity contribution in [2.75, 3.05) is 0 Å². The lowest BCUT2D eigenvalue weighted by atomic mass is 10.2. The average molecular weight is 302 g/mol. The zero-order valence-electron chi connectivity index (χ0n) is 11.5. The highest BCUT2D eigenvalue weighted by Gasteiger charge is 2.17. The third-order valence-electron chi connectivity index (χ3n) is 3.17. The van der Waals surface area contributed by atoms with Gasteiger partial charge in [0.05, 0.1) is 5.39 Å². The van der Waals surface area contributed by atoms with Crippen LogP contribution in [0.4, 0.5) is 4.39 Å². The molecule has 0 aliphatic rings. The van der Waals surface area contributed by atoms with Crippen LogP contribution in [0.2, 0.25) is 0 Å². The fourth-order valence-corrected chi connectivity index (χ4v) is 2.06. The summed E-state index contributed by atoms with van der Waals surface area (Å²) in [4.78, 5) is 12.4. The number of ether oxygens (including phenoxy) is 1. The van der Waals surface area contributed by atoms with Crippen molar-refractivity contribution in [3.8, 4) is 23.0 Å². The maximum atomic E-state index is 12.9. The third-order valence-corrected chi connectivity index (χ3v) is 3.17. The molecule has 0 fully saturated rings. The lowest BCUT2D eigenvalue weighted by Gasteiger charge is -2.09. The number of benzene rings is 2. The minimum atomic E-state index is -0.508. The minimum absolute atomic E-state index is 0.0656. The van der Waals surface area contributed by atoms with E-state index in [2.05, 4.69) is 0 Å². The SMILES string of the molecule is Cc1oc2c(O)c(O)ccc2c(=O)c1Oc1ccc(F)cc1. The number of hydrogen-bond donors (Lipinski definition) is 2. The molecule has 5 nitrogen and oxygen atoms in total. The van der Waals surface area contributed by atoms with Gasteiger partial charge in [0.1, 0.15) is 17.3 Å². The van der Waals surface area contributed by atoms with Crippen LogP contribution in [0.25, 0.3) is 11.0 Å². The first-order valence-electron chi connectivity index (χ1n) is 6.39. The van der Waals surface area contributed by atoms with Crippen LogP contribution in [-0.4, -0.2) is 10.2 Å². The predicted octanol–water partition coefficient (Wildman–Crippen LogP) is 3.44. The number of aromatic hydroxyl groups is 2. The van der Waals surface area contributed by atoms with Gasteiger partial charge in [0, 0.05) is 0 Å². The monoisotopic (exact) mass is 302 g/mol.